The molecule has 2 heterocycles. The van der Waals surface area contributed by atoms with Crippen molar-refractivity contribution >= 4 is 39.2 Å². The maximum Gasteiger partial charge on any atom is 0.406 e. The number of halogens is 5. The number of aromatic nitrogens is 1. The fourth-order valence-corrected chi connectivity index (χ4v) is 3.64. The quantitative estimate of drug-likeness (QED) is 0.559. The summed E-state index contributed by atoms with van der Waals surface area (Å²) in [5.41, 5.74) is 1.18. The molecule has 8 heteroatoms. The van der Waals surface area contributed by atoms with Crippen molar-refractivity contribution in [3.63, 3.8) is 0 Å². The van der Waals surface area contributed by atoms with Crippen LogP contribution in [0.25, 0.3) is 10.9 Å². The van der Waals surface area contributed by atoms with Gasteiger partial charge in [-0.15, -0.1) is 0 Å². The number of alkyl halides is 4. The van der Waals surface area contributed by atoms with Crippen molar-refractivity contribution < 1.29 is 17.6 Å². The second kappa shape index (κ2) is 6.46. The highest BCUT2D eigenvalue weighted by Gasteiger charge is 2.30. The van der Waals surface area contributed by atoms with Crippen LogP contribution in [0, 0.1) is 3.70 Å². The molecule has 0 radical (unpaired) electrons. The lowest BCUT2D eigenvalue weighted by Crippen LogP contribution is -2.45. The Morgan fingerprint density at radius 1 is 1.35 bits per heavy atom. The summed E-state index contributed by atoms with van der Waals surface area (Å²) < 4.78 is 54.0. The van der Waals surface area contributed by atoms with Crippen molar-refractivity contribution in [2.24, 2.45) is 0 Å². The third kappa shape index (κ3) is 3.73. The summed E-state index contributed by atoms with van der Waals surface area (Å²) in [5, 5.41) is 6.83. The summed E-state index contributed by atoms with van der Waals surface area (Å²) in [5.74, 6) is 0. The molecule has 1 aromatic carbocycles. The van der Waals surface area contributed by atoms with Gasteiger partial charge in [-0.2, -0.15) is 13.2 Å². The van der Waals surface area contributed by atoms with Crippen molar-refractivity contribution in [3.05, 3.63) is 28.0 Å². The number of nitrogens with zero attached hydrogens (tertiary/aromatic N) is 1. The van der Waals surface area contributed by atoms with Crippen molar-refractivity contribution in [3.8, 4) is 0 Å². The topological polar surface area (TPSA) is 29.0 Å². The number of rotatable bonds is 3. The number of fused-ring (bicyclic) bond motifs is 1. The number of hydrogen-bond acceptors (Lipinski definition) is 2. The van der Waals surface area contributed by atoms with Gasteiger partial charge in [-0.25, -0.2) is 4.39 Å². The maximum absolute atomic E-state index is 14.0. The van der Waals surface area contributed by atoms with E-state index in [9.17, 15) is 17.6 Å². The summed E-state index contributed by atoms with van der Waals surface area (Å²) >= 11 is 1.90. The van der Waals surface area contributed by atoms with Gasteiger partial charge in [0.1, 0.15) is 12.7 Å². The van der Waals surface area contributed by atoms with E-state index in [0.717, 1.165) is 6.54 Å². The predicted molar refractivity (Wildman–Crippen MR) is 90.5 cm³/mol. The van der Waals surface area contributed by atoms with Gasteiger partial charge in [-0.1, -0.05) is 6.07 Å². The van der Waals surface area contributed by atoms with Crippen molar-refractivity contribution in [2.45, 2.75) is 31.4 Å². The Morgan fingerprint density at radius 2 is 2.13 bits per heavy atom. The van der Waals surface area contributed by atoms with E-state index < -0.39 is 18.9 Å². The normalized spacial score (nSPS) is 22.5. The van der Waals surface area contributed by atoms with Crippen LogP contribution in [-0.4, -0.2) is 36.0 Å². The van der Waals surface area contributed by atoms with Gasteiger partial charge in [0, 0.05) is 17.6 Å². The van der Waals surface area contributed by atoms with E-state index in [-0.39, 0.29) is 6.04 Å². The lowest BCUT2D eigenvalue weighted by molar-refractivity contribution is -0.140. The van der Waals surface area contributed by atoms with Gasteiger partial charge < -0.3 is 15.2 Å². The van der Waals surface area contributed by atoms with Gasteiger partial charge in [0.2, 0.25) is 0 Å². The molecule has 0 unspecified atom stereocenters. The zero-order valence-electron chi connectivity index (χ0n) is 12.1. The number of nitrogens with one attached hydrogen (secondary N) is 2. The van der Waals surface area contributed by atoms with Crippen LogP contribution in [0.15, 0.2) is 24.3 Å². The van der Waals surface area contributed by atoms with Crippen LogP contribution in [0.5, 0.6) is 0 Å². The minimum absolute atomic E-state index is 0.292. The Kier molecular flexibility index (Phi) is 4.73. The molecule has 2 aromatic rings. The molecule has 126 valence electrons. The maximum atomic E-state index is 14.0. The smallest absolute Gasteiger partial charge is 0.379 e. The molecule has 1 aromatic heterocycles. The van der Waals surface area contributed by atoms with Crippen LogP contribution >= 0.6 is 22.6 Å². The van der Waals surface area contributed by atoms with Gasteiger partial charge in [0.15, 0.2) is 0 Å². The number of benzene rings is 1. The molecular weight excluding hydrogens is 425 g/mol. The summed E-state index contributed by atoms with van der Waals surface area (Å²) in [4.78, 5) is 0. The molecule has 3 rings (SSSR count). The lowest BCUT2D eigenvalue weighted by Gasteiger charge is -2.28. The van der Waals surface area contributed by atoms with E-state index in [1.165, 1.54) is 4.57 Å². The molecular formula is C15H16F4IN3. The van der Waals surface area contributed by atoms with E-state index in [1.807, 2.05) is 22.6 Å². The average molecular weight is 441 g/mol. The van der Waals surface area contributed by atoms with Crippen LogP contribution in [0.3, 0.4) is 0 Å². The molecule has 2 N–H and O–H groups in total. The van der Waals surface area contributed by atoms with Gasteiger partial charge in [0.25, 0.3) is 0 Å². The highest BCUT2D eigenvalue weighted by molar-refractivity contribution is 14.1. The first-order valence-electron chi connectivity index (χ1n) is 7.31. The number of anilines is 1. The molecule has 0 saturated carbocycles. The average Bonchev–Trinajstić information content (AvgIpc) is 2.77. The van der Waals surface area contributed by atoms with Crippen LogP contribution < -0.4 is 10.6 Å². The Labute approximate surface area is 144 Å². The molecule has 3 nitrogen and oxygen atoms in total. The van der Waals surface area contributed by atoms with Gasteiger partial charge >= 0.3 is 6.18 Å². The van der Waals surface area contributed by atoms with Gasteiger partial charge in [-0.3, -0.25) is 0 Å². The molecule has 0 spiro atoms. The van der Waals surface area contributed by atoms with Gasteiger partial charge in [-0.05, 0) is 53.8 Å². The minimum Gasteiger partial charge on any atom is -0.379 e. The SMILES string of the molecule is F[C@@H]1CNCC[C@@H]1Nc1cccc2c1cc(I)n2CC(F)(F)F. The number of hydrogen-bond donors (Lipinski definition) is 2. The largest absolute Gasteiger partial charge is 0.406 e. The molecule has 1 aliphatic heterocycles. The van der Waals surface area contributed by atoms with Crippen molar-refractivity contribution in [1.29, 1.82) is 0 Å². The first-order valence-corrected chi connectivity index (χ1v) is 8.39. The zero-order valence-corrected chi connectivity index (χ0v) is 14.3. The molecule has 2 atom stereocenters. The van der Waals surface area contributed by atoms with E-state index in [2.05, 4.69) is 10.6 Å². The van der Waals surface area contributed by atoms with Crippen LogP contribution in [-0.2, 0) is 6.54 Å². The molecule has 1 saturated heterocycles. The van der Waals surface area contributed by atoms with Crippen LogP contribution in [0.1, 0.15) is 6.42 Å². The molecule has 23 heavy (non-hydrogen) atoms. The Hall–Kier alpha value is -1.03. The summed E-state index contributed by atoms with van der Waals surface area (Å²) in [6.45, 7) is -0.0156. The van der Waals surface area contributed by atoms with Crippen LogP contribution in [0.4, 0.5) is 23.2 Å². The third-order valence-corrected chi connectivity index (χ3v) is 4.88. The highest BCUT2D eigenvalue weighted by Crippen LogP contribution is 2.31. The van der Waals surface area contributed by atoms with E-state index >= 15 is 0 Å². The van der Waals surface area contributed by atoms with Crippen molar-refractivity contribution in [2.75, 3.05) is 18.4 Å². The molecule has 0 aliphatic carbocycles. The molecule has 1 aliphatic rings. The molecule has 0 bridgehead atoms. The molecule has 0 amide bonds. The monoisotopic (exact) mass is 441 g/mol. The van der Waals surface area contributed by atoms with E-state index in [0.29, 0.717) is 33.3 Å². The summed E-state index contributed by atoms with van der Waals surface area (Å²) in [6.07, 6.45) is -4.66. The first kappa shape index (κ1) is 16.8. The number of piperidine rings is 1. The summed E-state index contributed by atoms with van der Waals surface area (Å²) in [6, 6.07) is 6.51. The van der Waals surface area contributed by atoms with Gasteiger partial charge in [0.05, 0.1) is 15.3 Å². The Balaban J connectivity index is 1.94. The second-order valence-corrected chi connectivity index (χ2v) is 6.77. The van der Waals surface area contributed by atoms with E-state index in [4.69, 9.17) is 0 Å². The highest BCUT2D eigenvalue weighted by atomic mass is 127. The second-order valence-electron chi connectivity index (χ2n) is 5.67. The third-order valence-electron chi connectivity index (χ3n) is 3.98. The Bertz CT molecular complexity index is 698. The first-order chi connectivity index (χ1) is 10.8. The lowest BCUT2D eigenvalue weighted by atomic mass is 10.0. The molecule has 1 fully saturated rings. The van der Waals surface area contributed by atoms with Crippen LogP contribution in [0.2, 0.25) is 0 Å². The fourth-order valence-electron chi connectivity index (χ4n) is 2.90. The summed E-state index contributed by atoms with van der Waals surface area (Å²) in [7, 11) is 0. The Morgan fingerprint density at radius 3 is 2.83 bits per heavy atom. The minimum atomic E-state index is -4.28. The van der Waals surface area contributed by atoms with Crippen molar-refractivity contribution in [1.82, 2.24) is 9.88 Å². The standard InChI is InChI=1S/C15H16F4IN3/c16-10-7-21-5-4-12(10)22-11-2-1-3-13-9(11)6-14(20)23(13)8-15(17,18)19/h1-3,6,10,12,21-22H,4-5,7-8H2/t10-,12+/m1/s1. The predicted octanol–water partition coefficient (Wildman–Crippen LogP) is 3.92. The zero-order chi connectivity index (χ0) is 16.6. The fraction of sp³-hybridized carbons (Fsp3) is 0.467. The van der Waals surface area contributed by atoms with E-state index in [1.54, 1.807) is 24.3 Å².